The highest BCUT2D eigenvalue weighted by atomic mass is 79.9. The number of carbonyl (C=O) groups is 4. The number of aromatic amines is 1. The van der Waals surface area contributed by atoms with E-state index in [1.807, 2.05) is 44.4 Å². The Morgan fingerprint density at radius 3 is 1.32 bits per heavy atom. The molecule has 12 heterocycles. The zero-order chi connectivity index (χ0) is 87.2. The molecule has 634 valence electrons. The topological polar surface area (TPSA) is 461 Å². The van der Waals surface area contributed by atoms with Gasteiger partial charge in [0.25, 0.3) is 34.1 Å². The third-order valence-electron chi connectivity index (χ3n) is 17.4. The molecule has 12 aromatic rings. The van der Waals surface area contributed by atoms with Gasteiger partial charge in [0.2, 0.25) is 0 Å². The zero-order valence-electron chi connectivity index (χ0n) is 68.5. The monoisotopic (exact) mass is 1730 g/mol. The molecule has 12 aromatic heterocycles. The number of rotatable bonds is 16. The van der Waals surface area contributed by atoms with Crippen LogP contribution in [-0.4, -0.2) is 183 Å². The number of hydrogen-bond donors (Lipinski definition) is 9. The lowest BCUT2D eigenvalue weighted by molar-refractivity contribution is 0.0577. The molecule has 36 nitrogen and oxygen atoms in total. The van der Waals surface area contributed by atoms with Crippen LogP contribution in [0.1, 0.15) is 101 Å². The van der Waals surface area contributed by atoms with E-state index in [-0.39, 0.29) is 120 Å². The van der Waals surface area contributed by atoms with Crippen molar-refractivity contribution in [3.8, 4) is 17.5 Å². The summed E-state index contributed by atoms with van der Waals surface area (Å²) in [6.07, 6.45) is 19.8. The number of nitrogens with two attached hydrogens (primary N) is 3. The molecule has 2 unspecified atom stereocenters. The van der Waals surface area contributed by atoms with E-state index in [0.717, 1.165) is 49.8 Å². The molecule has 0 aromatic carbocycles. The molecule has 2 fully saturated rings. The molecule has 0 spiro atoms. The van der Waals surface area contributed by atoms with Crippen LogP contribution in [0.5, 0.6) is 0 Å². The molecule has 120 heavy (non-hydrogen) atoms. The third kappa shape index (κ3) is 27.0. The van der Waals surface area contributed by atoms with Gasteiger partial charge in [-0.2, -0.15) is 19.2 Å². The molecule has 2 aliphatic rings. The van der Waals surface area contributed by atoms with Crippen molar-refractivity contribution in [2.75, 3.05) is 87.8 Å². The van der Waals surface area contributed by atoms with Crippen LogP contribution in [0.4, 0.5) is 49.8 Å². The summed E-state index contributed by atoms with van der Waals surface area (Å²) in [5.74, 6) is 1.80. The Kier molecular flexibility index (Phi) is 34.3. The van der Waals surface area contributed by atoms with Crippen LogP contribution in [0.3, 0.4) is 0 Å². The number of nitrogens with one attached hydrogen (secondary N) is 6. The van der Waals surface area contributed by atoms with Crippen molar-refractivity contribution < 1.29 is 38.1 Å². The molecule has 2 saturated carbocycles. The highest BCUT2D eigenvalue weighted by Crippen LogP contribution is 2.29. The average molecular weight is 1730 g/mol. The van der Waals surface area contributed by atoms with Gasteiger partial charge in [0.05, 0.1) is 41.7 Å². The van der Waals surface area contributed by atoms with Crippen molar-refractivity contribution in [1.82, 2.24) is 89.1 Å². The third-order valence-corrected chi connectivity index (χ3v) is 18.1. The van der Waals surface area contributed by atoms with Gasteiger partial charge in [-0.05, 0) is 207 Å². The van der Waals surface area contributed by atoms with Gasteiger partial charge < -0.3 is 67.7 Å². The first-order valence-electron chi connectivity index (χ1n) is 37.8. The molecule has 0 bridgehead atoms. The molecule has 4 amide bonds. The first-order chi connectivity index (χ1) is 57.3. The average Bonchev–Trinajstić information content (AvgIpc) is 1.61. The first-order valence-corrected chi connectivity index (χ1v) is 39.0. The number of halogens is 2. The number of aromatic nitrogens is 14. The maximum atomic E-state index is 13.4. The molecule has 12 N–H and O–H groups in total. The van der Waals surface area contributed by atoms with Gasteiger partial charge in [0.15, 0.2) is 11.3 Å². The van der Waals surface area contributed by atoms with Crippen molar-refractivity contribution in [3.05, 3.63) is 258 Å². The summed E-state index contributed by atoms with van der Waals surface area (Å²) in [6.45, 7) is 12.7. The Bertz CT molecular complexity index is 5490. The number of amides is 4. The number of anilines is 7. The number of nitrogens with zero attached hydrogens (tertiary/aromatic N) is 15. The maximum Gasteiger partial charge on any atom is 0.415 e. The second-order valence-electron chi connectivity index (χ2n) is 28.7. The lowest BCUT2D eigenvalue weighted by Gasteiger charge is -2.25. The van der Waals surface area contributed by atoms with E-state index in [1.165, 1.54) is 58.0 Å². The van der Waals surface area contributed by atoms with Gasteiger partial charge in [-0.15, -0.1) is 0 Å². The first kappa shape index (κ1) is 92.4. The quantitative estimate of drug-likeness (QED) is 0.0247. The second-order valence-corrected chi connectivity index (χ2v) is 29.9. The normalized spacial score (nSPS) is 14.4. The number of fused-ring (bicyclic) bond motifs is 2. The number of carbonyl (C=O) groups excluding carboxylic acids is 4. The molecule has 2 aliphatic carbocycles. The van der Waals surface area contributed by atoms with Gasteiger partial charge in [0, 0.05) is 115 Å². The Balaban J connectivity index is 0.000000196. The van der Waals surface area contributed by atoms with Crippen molar-refractivity contribution in [3.63, 3.8) is 0 Å². The summed E-state index contributed by atoms with van der Waals surface area (Å²) in [6, 6.07) is 37.9. The highest BCUT2D eigenvalue weighted by molar-refractivity contribution is 9.10. The Morgan fingerprint density at radius 2 is 0.958 bits per heavy atom. The van der Waals surface area contributed by atoms with Crippen molar-refractivity contribution in [2.24, 2.45) is 0 Å². The molecule has 14 rings (SSSR count). The lowest BCUT2D eigenvalue weighted by atomic mass is 10.2. The van der Waals surface area contributed by atoms with E-state index in [1.54, 1.807) is 209 Å². The Labute approximate surface area is 705 Å². The number of pyridine rings is 8. The molecule has 0 radical (unpaired) electrons. The van der Waals surface area contributed by atoms with E-state index in [0.29, 0.717) is 29.7 Å². The summed E-state index contributed by atoms with van der Waals surface area (Å²) < 4.78 is 29.7. The van der Waals surface area contributed by atoms with Crippen molar-refractivity contribution >= 4 is 103 Å². The van der Waals surface area contributed by atoms with Crippen molar-refractivity contribution in [1.29, 1.82) is 0 Å². The standard InChI is InChI=1S/C29H34N8O5.C19H26ClN5O4.2C10H9N3O.C5H4BrN.C5H6N2O.C4H12N2/c1-29(2,3)42-28(40)35(4)24-16-22(33-21-9-8-14-36(27(21)39)23-10-6-7-13-30-23)34-25-20(17-31-37(24)25)26(38)32-18-11-12-19(15-18)41-5;1-19(2,3)29-18(27)24(4)15-9-14(20)23-16-13(10-21-25(15)16)17(26)22-11-6-7-12(8-11)28-5;2*11-8-4-3-7-13(10(8)14)9-5-1-2-6-12-9;6-5-3-1-2-4-7-5;6-4-2-1-3-7-5(4)8;1-5-3-4-6-2/h6-10,13-14,16-19H,11-12,15H2,1-5H3,(H,32,38)(H,33,34);9-12H,6-8H2,1-5H3,(H,22,26);2*1-7H,11H2;1-4H;1-3H,6H2,(H,7,8);5-6H,3-4H2,1-2H3/t18?,19-;11?,12-;;;;;/m11...../s1. The number of nitrogen functional groups attached to an aromatic ring is 3. The van der Waals surface area contributed by atoms with Crippen LogP contribution in [0.2, 0.25) is 5.15 Å². The summed E-state index contributed by atoms with van der Waals surface area (Å²) in [5, 5.41) is 23.9. The molecule has 0 saturated heterocycles. The molecule has 0 aliphatic heterocycles. The van der Waals surface area contributed by atoms with Gasteiger partial charge >= 0.3 is 12.2 Å². The summed E-state index contributed by atoms with van der Waals surface area (Å²) >= 11 is 9.37. The van der Waals surface area contributed by atoms with Gasteiger partial charge in [-0.3, -0.25) is 52.3 Å². The number of ether oxygens (including phenoxy) is 4. The van der Waals surface area contributed by atoms with E-state index in [2.05, 4.69) is 87.6 Å². The fourth-order valence-electron chi connectivity index (χ4n) is 11.5. The molecule has 4 atom stereocenters. The molecular formula is C82H100BrClN24O12. The minimum atomic E-state index is -0.740. The predicted octanol–water partition coefficient (Wildman–Crippen LogP) is 9.59. The summed E-state index contributed by atoms with van der Waals surface area (Å²) in [7, 11) is 10.3. The fraction of sp³-hybridized carbons (Fsp3) is 0.317. The fourth-order valence-corrected chi connectivity index (χ4v) is 11.9. The summed E-state index contributed by atoms with van der Waals surface area (Å²) in [4.78, 5) is 129. The molecular weight excluding hydrogens is 1630 g/mol. The Morgan fingerprint density at radius 1 is 0.542 bits per heavy atom. The highest BCUT2D eigenvalue weighted by Gasteiger charge is 2.32. The van der Waals surface area contributed by atoms with Gasteiger partial charge in [-0.25, -0.2) is 39.5 Å². The lowest BCUT2D eigenvalue weighted by Crippen LogP contribution is -2.35. The van der Waals surface area contributed by atoms with Crippen LogP contribution < -0.4 is 75.8 Å². The van der Waals surface area contributed by atoms with Crippen LogP contribution in [-0.2, 0) is 18.9 Å². The smallest absolute Gasteiger partial charge is 0.415 e. The number of H-pyrrole nitrogens is 1. The van der Waals surface area contributed by atoms with Crippen LogP contribution in [0.25, 0.3) is 28.7 Å². The van der Waals surface area contributed by atoms with Crippen LogP contribution >= 0.6 is 27.5 Å². The zero-order valence-corrected chi connectivity index (χ0v) is 70.9. The summed E-state index contributed by atoms with van der Waals surface area (Å²) in [5.41, 5.74) is 15.6. The second kappa shape index (κ2) is 44.5. The minimum absolute atomic E-state index is 0.0329. The number of likely N-dealkylation sites (N-methyl/N-ethyl adjacent to an activating group) is 2. The predicted molar refractivity (Wildman–Crippen MR) is 465 cm³/mol. The van der Waals surface area contributed by atoms with Crippen molar-refractivity contribution in [2.45, 2.75) is 116 Å². The Hall–Kier alpha value is -13.1. The molecule has 38 heteroatoms. The van der Waals surface area contributed by atoms with E-state index in [4.69, 9.17) is 47.7 Å². The maximum absolute atomic E-state index is 13.4. The van der Waals surface area contributed by atoms with Gasteiger partial charge in [0.1, 0.15) is 72.7 Å². The van der Waals surface area contributed by atoms with E-state index < -0.39 is 23.4 Å². The van der Waals surface area contributed by atoms with E-state index >= 15 is 0 Å². The number of methoxy groups -OCH3 is 2. The number of hydrogen-bond acceptors (Lipinski definition) is 26. The largest absolute Gasteiger partial charge is 0.443 e. The van der Waals surface area contributed by atoms with E-state index in [9.17, 15) is 38.4 Å². The minimum Gasteiger partial charge on any atom is -0.443 e. The van der Waals surface area contributed by atoms with Crippen LogP contribution in [0, 0.1) is 0 Å². The van der Waals surface area contributed by atoms with Gasteiger partial charge in [-0.1, -0.05) is 35.9 Å². The van der Waals surface area contributed by atoms with Crippen LogP contribution in [0.15, 0.2) is 219 Å². The SMILES string of the molecule is Brc1ccccn1.CNCCNC.CO[C@@H]1CCC(NC(=O)c2cnn3c(N(C)C(=O)OC(C)(C)C)cc(Cl)nc23)C1.CO[C@@H]1CCC(NC(=O)c2cnn3c(N(C)C(=O)OC(C)(C)C)cc(Nc4cccn(-c5ccccn5)c4=O)nc23)C1.Nc1ccc[nH]c1=O.Nc1cccn(-c2ccccn2)c1=O.Nc1cccn(-c2ccccn2)c1=O.